The number of methoxy groups -OCH3 is 1. The first kappa shape index (κ1) is 23.1. The number of aromatic carboxylic acids is 1. The summed E-state index contributed by atoms with van der Waals surface area (Å²) in [6, 6.07) is 11.2. The van der Waals surface area contributed by atoms with Gasteiger partial charge in [-0.25, -0.2) is 9.59 Å². The molecule has 10 nitrogen and oxygen atoms in total. The van der Waals surface area contributed by atoms with Gasteiger partial charge in [-0.15, -0.1) is 0 Å². The van der Waals surface area contributed by atoms with Crippen molar-refractivity contribution in [1.82, 2.24) is 0 Å². The molecule has 0 saturated heterocycles. The molecule has 4 N–H and O–H groups in total. The molecule has 2 aromatic carbocycles. The van der Waals surface area contributed by atoms with Crippen molar-refractivity contribution in [1.29, 1.82) is 0 Å². The standard InChI is InChI=1S/C9H8O4.C8H10AsNO5/c1-13-9(12)7-4-2-6(3-5-7)8(10)11;1-6(11)10-8-4-2-3-7(5-8)9(12,13)15-14/h2-5H,1H3,(H,10,11);2-5,14H,1H3,(H,10,11)(H,12,13). The molecule has 0 aromatic heterocycles. The van der Waals surface area contributed by atoms with Gasteiger partial charge in [0.25, 0.3) is 0 Å². The summed E-state index contributed by atoms with van der Waals surface area (Å²) in [5, 5.41) is 19.2. The number of benzene rings is 2. The van der Waals surface area contributed by atoms with Crippen LogP contribution in [-0.2, 0) is 17.1 Å². The molecule has 0 aliphatic rings. The van der Waals surface area contributed by atoms with Crippen LogP contribution in [0.2, 0.25) is 0 Å². The van der Waals surface area contributed by atoms with Crippen LogP contribution in [0.1, 0.15) is 27.6 Å². The van der Waals surface area contributed by atoms with Crippen LogP contribution in [0.5, 0.6) is 0 Å². The second-order valence-corrected chi connectivity index (χ2v) is 8.82. The van der Waals surface area contributed by atoms with Gasteiger partial charge in [0.05, 0.1) is 18.2 Å². The number of carboxylic acid groups (broad SMARTS) is 1. The van der Waals surface area contributed by atoms with Gasteiger partial charge in [0.2, 0.25) is 0 Å². The minimum atomic E-state index is -4.83. The van der Waals surface area contributed by atoms with Crippen LogP contribution in [0.25, 0.3) is 0 Å². The van der Waals surface area contributed by atoms with E-state index in [0.29, 0.717) is 11.3 Å². The Bertz CT molecular complexity index is 896. The van der Waals surface area contributed by atoms with E-state index in [1.807, 2.05) is 0 Å². The molecule has 0 aliphatic heterocycles. The van der Waals surface area contributed by atoms with E-state index in [-0.39, 0.29) is 15.8 Å². The minimum Gasteiger partial charge on any atom is -0.478 e. The molecule has 2 rings (SSSR count). The normalized spacial score (nSPS) is 12.0. The monoisotopic (exact) mass is 455 g/mol. The van der Waals surface area contributed by atoms with Crippen LogP contribution in [-0.4, -0.2) is 53.6 Å². The van der Waals surface area contributed by atoms with Gasteiger partial charge in [-0.05, 0) is 24.3 Å². The Morgan fingerprint density at radius 1 is 1.04 bits per heavy atom. The van der Waals surface area contributed by atoms with E-state index in [1.54, 1.807) is 6.07 Å². The largest absolute Gasteiger partial charge is 0.478 e. The predicted octanol–water partition coefficient (Wildman–Crippen LogP) is 0.875. The van der Waals surface area contributed by atoms with Crippen molar-refractivity contribution in [2.75, 3.05) is 12.4 Å². The van der Waals surface area contributed by atoms with Crippen molar-refractivity contribution in [2.24, 2.45) is 0 Å². The average Bonchev–Trinajstić information content (AvgIpc) is 2.67. The molecule has 1 atom stereocenters. The van der Waals surface area contributed by atoms with E-state index in [2.05, 4.69) is 13.9 Å². The zero-order valence-electron chi connectivity index (χ0n) is 14.9. The second-order valence-electron chi connectivity index (χ2n) is 5.21. The smallest absolute Gasteiger partial charge is 0.337 e. The van der Waals surface area contributed by atoms with E-state index in [1.165, 1.54) is 56.5 Å². The Balaban J connectivity index is 0.000000283. The van der Waals surface area contributed by atoms with Gasteiger partial charge >= 0.3 is 100 Å². The number of anilines is 1. The summed E-state index contributed by atoms with van der Waals surface area (Å²) < 4.78 is 28.4. The Labute approximate surface area is 162 Å². The van der Waals surface area contributed by atoms with Gasteiger partial charge in [-0.1, -0.05) is 0 Å². The van der Waals surface area contributed by atoms with Crippen molar-refractivity contribution >= 4 is 42.1 Å². The van der Waals surface area contributed by atoms with E-state index >= 15 is 0 Å². The van der Waals surface area contributed by atoms with E-state index in [9.17, 15) is 22.2 Å². The van der Waals surface area contributed by atoms with Crippen molar-refractivity contribution in [2.45, 2.75) is 6.92 Å². The van der Waals surface area contributed by atoms with Crippen molar-refractivity contribution in [3.63, 3.8) is 0 Å². The van der Waals surface area contributed by atoms with E-state index in [4.69, 9.17) is 10.4 Å². The maximum Gasteiger partial charge on any atom is 0.337 e. The van der Waals surface area contributed by atoms with Crippen LogP contribution in [0.4, 0.5) is 5.69 Å². The molecule has 0 radical (unpaired) electrons. The van der Waals surface area contributed by atoms with Crippen LogP contribution >= 0.6 is 0 Å². The van der Waals surface area contributed by atoms with Gasteiger partial charge in [-0.2, -0.15) is 0 Å². The van der Waals surface area contributed by atoms with Crippen molar-refractivity contribution in [3.05, 3.63) is 59.7 Å². The molecule has 1 amide bonds. The third-order valence-corrected chi connectivity index (χ3v) is 5.57. The molecular weight excluding hydrogens is 437 g/mol. The number of carboxylic acids is 1. The van der Waals surface area contributed by atoms with Crippen molar-refractivity contribution < 1.29 is 41.2 Å². The Morgan fingerprint density at radius 3 is 2.07 bits per heavy atom. The molecule has 0 bridgehead atoms. The number of ether oxygens (including phenoxy) is 1. The third-order valence-electron chi connectivity index (χ3n) is 3.16. The molecule has 0 fully saturated rings. The number of esters is 1. The second kappa shape index (κ2) is 10.4. The number of hydrogen-bond donors (Lipinski definition) is 4. The molecule has 0 spiro atoms. The molecule has 2 aromatic rings. The molecule has 1 unspecified atom stereocenters. The van der Waals surface area contributed by atoms with Gasteiger partial charge in [0, 0.05) is 0 Å². The number of amides is 1. The first-order valence-electron chi connectivity index (χ1n) is 7.56. The van der Waals surface area contributed by atoms with Gasteiger partial charge in [0.1, 0.15) is 0 Å². The summed E-state index contributed by atoms with van der Waals surface area (Å²) in [6.45, 7) is 1.32. The predicted molar refractivity (Wildman–Crippen MR) is 97.5 cm³/mol. The average molecular weight is 455 g/mol. The number of nitrogens with one attached hydrogen (secondary N) is 1. The fourth-order valence-corrected chi connectivity index (χ4v) is 3.28. The maximum atomic E-state index is 11.3. The molecular formula is C17H18AsNO9. The summed E-state index contributed by atoms with van der Waals surface area (Å²) in [4.78, 5) is 32.1. The van der Waals surface area contributed by atoms with Gasteiger partial charge < -0.3 is 9.84 Å². The summed E-state index contributed by atoms with van der Waals surface area (Å²) in [6.07, 6.45) is 0. The summed E-state index contributed by atoms with van der Waals surface area (Å²) in [5.74, 6) is -1.79. The Hall–Kier alpha value is -2.91. The van der Waals surface area contributed by atoms with E-state index in [0.717, 1.165) is 0 Å². The minimum absolute atomic E-state index is 0.0399. The summed E-state index contributed by atoms with van der Waals surface area (Å²) in [5.41, 5.74) is 0.855. The third kappa shape index (κ3) is 7.01. The summed E-state index contributed by atoms with van der Waals surface area (Å²) in [7, 11) is 1.27. The zero-order chi connectivity index (χ0) is 21.3. The van der Waals surface area contributed by atoms with Crippen LogP contribution in [0.3, 0.4) is 0 Å². The van der Waals surface area contributed by atoms with E-state index < -0.39 is 26.1 Å². The fraction of sp³-hybridized carbons (Fsp3) is 0.118. The van der Waals surface area contributed by atoms with Crippen LogP contribution in [0, 0.1) is 0 Å². The van der Waals surface area contributed by atoms with Gasteiger partial charge in [-0.3, -0.25) is 0 Å². The quantitative estimate of drug-likeness (QED) is 0.222. The summed E-state index contributed by atoms with van der Waals surface area (Å²) >= 11 is -4.83. The molecule has 0 heterocycles. The van der Waals surface area contributed by atoms with Gasteiger partial charge in [0.15, 0.2) is 0 Å². The SMILES string of the molecule is CC(=O)Nc1cccc([As](=O)(O)OO)c1.COC(=O)c1ccc(C(=O)O)cc1. The molecule has 150 valence electrons. The number of rotatable bonds is 5. The number of carbonyl (C=O) groups is 3. The van der Waals surface area contributed by atoms with Crippen LogP contribution in [0.15, 0.2) is 48.5 Å². The Kier molecular flexibility index (Phi) is 8.62. The topological polar surface area (TPSA) is 159 Å². The number of carbonyl (C=O) groups excluding carboxylic acids is 2. The first-order chi connectivity index (χ1) is 13.1. The molecule has 0 aliphatic carbocycles. The number of hydrogen-bond acceptors (Lipinski definition) is 7. The fourth-order valence-electron chi connectivity index (χ4n) is 1.88. The van der Waals surface area contributed by atoms with Crippen molar-refractivity contribution in [3.8, 4) is 0 Å². The first-order valence-corrected chi connectivity index (χ1v) is 10.9. The Morgan fingerprint density at radius 2 is 1.61 bits per heavy atom. The van der Waals surface area contributed by atoms with Crippen LogP contribution < -0.4 is 9.67 Å². The molecule has 28 heavy (non-hydrogen) atoms. The molecule has 11 heteroatoms. The molecule has 0 saturated carbocycles. The zero-order valence-corrected chi connectivity index (χ0v) is 16.7. The maximum absolute atomic E-state index is 11.3.